The summed E-state index contributed by atoms with van der Waals surface area (Å²) in [5, 5.41) is 3.02. The number of Topliss-reactive ketones (excluding diaryl/α,β-unsaturated/α-hetero) is 1. The molecule has 3 nitrogen and oxygen atoms in total. The molecule has 94 valence electrons. The van der Waals surface area contributed by atoms with Crippen molar-refractivity contribution in [3.63, 3.8) is 0 Å². The zero-order valence-electron chi connectivity index (χ0n) is 11.3. The second-order valence-corrected chi connectivity index (χ2v) is 4.41. The highest BCUT2D eigenvalue weighted by Gasteiger charge is 2.20. The van der Waals surface area contributed by atoms with Crippen LogP contribution < -0.4 is 10.1 Å². The molecular weight excluding hydrogens is 214 g/mol. The van der Waals surface area contributed by atoms with Crippen molar-refractivity contribution >= 4 is 5.78 Å². The van der Waals surface area contributed by atoms with E-state index in [1.165, 1.54) is 0 Å². The Morgan fingerprint density at radius 2 is 2.06 bits per heavy atom. The van der Waals surface area contributed by atoms with Crippen LogP contribution in [0.1, 0.15) is 28.4 Å². The van der Waals surface area contributed by atoms with Gasteiger partial charge in [-0.3, -0.25) is 4.79 Å². The standard InChI is InChI=1S/C14H21NO2/c1-9-6-7-12(14(17-5)11(9)3)13(16)10(2)8-15-4/h6-7,10,15H,8H2,1-5H3. The normalized spacial score (nSPS) is 12.3. The molecule has 1 unspecified atom stereocenters. The number of hydrogen-bond donors (Lipinski definition) is 1. The van der Waals surface area contributed by atoms with Crippen molar-refractivity contribution in [3.05, 3.63) is 28.8 Å². The summed E-state index contributed by atoms with van der Waals surface area (Å²) >= 11 is 0. The molecule has 1 aromatic rings. The number of ether oxygens (including phenoxy) is 1. The van der Waals surface area contributed by atoms with Gasteiger partial charge in [-0.05, 0) is 38.1 Å². The van der Waals surface area contributed by atoms with Crippen LogP contribution in [-0.2, 0) is 0 Å². The lowest BCUT2D eigenvalue weighted by Gasteiger charge is -2.15. The molecule has 1 N–H and O–H groups in total. The van der Waals surface area contributed by atoms with E-state index in [-0.39, 0.29) is 11.7 Å². The highest BCUT2D eigenvalue weighted by atomic mass is 16.5. The fourth-order valence-corrected chi connectivity index (χ4v) is 1.91. The average molecular weight is 235 g/mol. The zero-order valence-corrected chi connectivity index (χ0v) is 11.3. The zero-order chi connectivity index (χ0) is 13.0. The van der Waals surface area contributed by atoms with Crippen LogP contribution in [0.5, 0.6) is 5.75 Å². The maximum atomic E-state index is 12.3. The fraction of sp³-hybridized carbons (Fsp3) is 0.500. The van der Waals surface area contributed by atoms with Gasteiger partial charge in [-0.25, -0.2) is 0 Å². The predicted octanol–water partition coefficient (Wildman–Crippen LogP) is 2.35. The van der Waals surface area contributed by atoms with Crippen molar-refractivity contribution in [1.82, 2.24) is 5.32 Å². The molecular formula is C14H21NO2. The van der Waals surface area contributed by atoms with E-state index in [2.05, 4.69) is 5.32 Å². The summed E-state index contributed by atoms with van der Waals surface area (Å²) in [5.74, 6) is 0.785. The van der Waals surface area contributed by atoms with Gasteiger partial charge in [0.05, 0.1) is 12.7 Å². The number of nitrogens with one attached hydrogen (secondary N) is 1. The number of rotatable bonds is 5. The summed E-state index contributed by atoms with van der Waals surface area (Å²) in [4.78, 5) is 12.3. The SMILES string of the molecule is CNCC(C)C(=O)c1ccc(C)c(C)c1OC. The number of carbonyl (C=O) groups excluding carboxylic acids is 1. The summed E-state index contributed by atoms with van der Waals surface area (Å²) in [6.07, 6.45) is 0. The van der Waals surface area contributed by atoms with E-state index in [1.54, 1.807) is 7.11 Å². The van der Waals surface area contributed by atoms with Crippen molar-refractivity contribution in [2.45, 2.75) is 20.8 Å². The number of benzene rings is 1. The van der Waals surface area contributed by atoms with E-state index in [1.807, 2.05) is 40.0 Å². The van der Waals surface area contributed by atoms with E-state index in [4.69, 9.17) is 4.74 Å². The van der Waals surface area contributed by atoms with Crippen LogP contribution in [0, 0.1) is 19.8 Å². The van der Waals surface area contributed by atoms with E-state index in [9.17, 15) is 4.79 Å². The number of carbonyl (C=O) groups is 1. The lowest BCUT2D eigenvalue weighted by molar-refractivity contribution is 0.0927. The molecule has 0 radical (unpaired) electrons. The molecule has 1 aromatic carbocycles. The average Bonchev–Trinajstić information content (AvgIpc) is 2.31. The molecule has 0 aliphatic heterocycles. The summed E-state index contributed by atoms with van der Waals surface area (Å²) in [6, 6.07) is 3.83. The Kier molecular flexibility index (Phi) is 4.70. The van der Waals surface area contributed by atoms with E-state index in [0.29, 0.717) is 17.9 Å². The molecule has 1 rings (SSSR count). The molecule has 0 bridgehead atoms. The fourth-order valence-electron chi connectivity index (χ4n) is 1.91. The smallest absolute Gasteiger partial charge is 0.170 e. The largest absolute Gasteiger partial charge is 0.496 e. The van der Waals surface area contributed by atoms with Gasteiger partial charge in [0, 0.05) is 12.5 Å². The monoisotopic (exact) mass is 235 g/mol. The Labute approximate surface area is 103 Å². The first kappa shape index (κ1) is 13.7. The minimum atomic E-state index is -0.0454. The minimum Gasteiger partial charge on any atom is -0.496 e. The van der Waals surface area contributed by atoms with Crippen molar-refractivity contribution in [2.75, 3.05) is 20.7 Å². The van der Waals surface area contributed by atoms with Gasteiger partial charge >= 0.3 is 0 Å². The Hall–Kier alpha value is -1.35. The summed E-state index contributed by atoms with van der Waals surface area (Å²) in [6.45, 7) is 6.60. The first-order valence-electron chi connectivity index (χ1n) is 5.86. The van der Waals surface area contributed by atoms with E-state index < -0.39 is 0 Å². The van der Waals surface area contributed by atoms with Gasteiger partial charge in [0.25, 0.3) is 0 Å². The minimum absolute atomic E-state index is 0.0454. The number of aryl methyl sites for hydroxylation is 1. The second kappa shape index (κ2) is 5.82. The van der Waals surface area contributed by atoms with Gasteiger partial charge in [-0.2, -0.15) is 0 Å². The van der Waals surface area contributed by atoms with Gasteiger partial charge in [0.15, 0.2) is 5.78 Å². The summed E-state index contributed by atoms with van der Waals surface area (Å²) in [7, 11) is 3.46. The van der Waals surface area contributed by atoms with Crippen molar-refractivity contribution < 1.29 is 9.53 Å². The van der Waals surface area contributed by atoms with Gasteiger partial charge < -0.3 is 10.1 Å². The first-order chi connectivity index (χ1) is 8.02. The molecule has 0 aromatic heterocycles. The van der Waals surface area contributed by atoms with E-state index in [0.717, 1.165) is 11.1 Å². The number of methoxy groups -OCH3 is 1. The lowest BCUT2D eigenvalue weighted by Crippen LogP contribution is -2.24. The molecule has 3 heteroatoms. The molecule has 0 spiro atoms. The van der Waals surface area contributed by atoms with Crippen LogP contribution in [0.15, 0.2) is 12.1 Å². The van der Waals surface area contributed by atoms with Gasteiger partial charge in [-0.15, -0.1) is 0 Å². The van der Waals surface area contributed by atoms with Gasteiger partial charge in [-0.1, -0.05) is 13.0 Å². The van der Waals surface area contributed by atoms with Crippen molar-refractivity contribution in [1.29, 1.82) is 0 Å². The lowest BCUT2D eigenvalue weighted by atomic mass is 9.95. The van der Waals surface area contributed by atoms with Crippen LogP contribution in [-0.4, -0.2) is 26.5 Å². The Bertz CT molecular complexity index is 413. The summed E-state index contributed by atoms with van der Waals surface area (Å²) < 4.78 is 5.37. The maximum absolute atomic E-state index is 12.3. The van der Waals surface area contributed by atoms with Crippen molar-refractivity contribution in [3.8, 4) is 5.75 Å². The second-order valence-electron chi connectivity index (χ2n) is 4.41. The Balaban J connectivity index is 3.14. The molecule has 0 amide bonds. The van der Waals surface area contributed by atoms with E-state index >= 15 is 0 Å². The van der Waals surface area contributed by atoms with Crippen LogP contribution in [0.25, 0.3) is 0 Å². The molecule has 0 aliphatic carbocycles. The third kappa shape index (κ3) is 2.86. The van der Waals surface area contributed by atoms with Gasteiger partial charge in [0.1, 0.15) is 5.75 Å². The molecule has 0 fully saturated rings. The highest BCUT2D eigenvalue weighted by Crippen LogP contribution is 2.28. The summed E-state index contributed by atoms with van der Waals surface area (Å²) in [5.41, 5.74) is 2.85. The molecule has 17 heavy (non-hydrogen) atoms. The van der Waals surface area contributed by atoms with Gasteiger partial charge in [0.2, 0.25) is 0 Å². The Morgan fingerprint density at radius 3 is 2.59 bits per heavy atom. The number of hydrogen-bond acceptors (Lipinski definition) is 3. The van der Waals surface area contributed by atoms with Crippen LogP contribution in [0.2, 0.25) is 0 Å². The first-order valence-corrected chi connectivity index (χ1v) is 5.86. The molecule has 0 saturated carbocycles. The Morgan fingerprint density at radius 1 is 1.41 bits per heavy atom. The highest BCUT2D eigenvalue weighted by molar-refractivity contribution is 6.00. The quantitative estimate of drug-likeness (QED) is 0.796. The predicted molar refractivity (Wildman–Crippen MR) is 69.9 cm³/mol. The van der Waals surface area contributed by atoms with Crippen LogP contribution in [0.4, 0.5) is 0 Å². The van der Waals surface area contributed by atoms with Crippen LogP contribution in [0.3, 0.4) is 0 Å². The molecule has 0 saturated heterocycles. The topological polar surface area (TPSA) is 38.3 Å². The third-order valence-corrected chi connectivity index (χ3v) is 3.10. The molecule has 0 heterocycles. The van der Waals surface area contributed by atoms with Crippen molar-refractivity contribution in [2.24, 2.45) is 5.92 Å². The third-order valence-electron chi connectivity index (χ3n) is 3.10. The number of ketones is 1. The molecule has 1 atom stereocenters. The van der Waals surface area contributed by atoms with Crippen LogP contribution >= 0.6 is 0 Å². The molecule has 0 aliphatic rings. The maximum Gasteiger partial charge on any atom is 0.170 e.